The molecular weight excluding hydrogens is 379 g/mol. The molecule has 0 fully saturated rings. The number of halogens is 2. The molecule has 1 amide bonds. The Morgan fingerprint density at radius 2 is 1.85 bits per heavy atom. The third kappa shape index (κ3) is 3.99. The van der Waals surface area contributed by atoms with Crippen molar-refractivity contribution in [2.75, 3.05) is 6.61 Å². The molecule has 6 nitrogen and oxygen atoms in total. The van der Waals surface area contributed by atoms with Gasteiger partial charge in [0.15, 0.2) is 0 Å². The molecule has 2 N–H and O–H groups in total. The molecule has 3 aromatic rings. The van der Waals surface area contributed by atoms with Gasteiger partial charge in [-0.05, 0) is 41.8 Å². The van der Waals surface area contributed by atoms with E-state index in [2.05, 4.69) is 0 Å². The molecule has 8 heteroatoms. The largest absolute Gasteiger partial charge is 0.492 e. The zero-order valence-electron chi connectivity index (χ0n) is 13.4. The standard InChI is InChI=1S/C18H14Cl2N2O4/c19-13-8-14(20)10-15(9-13)26-6-5-22-4-3-11-1-2-12(17(23)21-25)7-16(11)18(22)24/h1-4,7-10,25H,5-6H2,(H,21,23). The minimum absolute atomic E-state index is 0.194. The van der Waals surface area contributed by atoms with Gasteiger partial charge in [-0.1, -0.05) is 29.3 Å². The summed E-state index contributed by atoms with van der Waals surface area (Å²) < 4.78 is 7.07. The Bertz CT molecular complexity index is 1010. The molecule has 0 radical (unpaired) electrons. The first kappa shape index (κ1) is 18.3. The van der Waals surface area contributed by atoms with Crippen molar-refractivity contribution in [3.05, 3.63) is 74.6 Å². The summed E-state index contributed by atoms with van der Waals surface area (Å²) in [6.45, 7) is 0.536. The molecule has 26 heavy (non-hydrogen) atoms. The highest BCUT2D eigenvalue weighted by Crippen LogP contribution is 2.24. The lowest BCUT2D eigenvalue weighted by Gasteiger charge is -2.10. The molecule has 0 atom stereocenters. The number of hydrogen-bond donors (Lipinski definition) is 2. The summed E-state index contributed by atoms with van der Waals surface area (Å²) in [6, 6.07) is 11.3. The molecule has 3 rings (SSSR count). The Kier molecular flexibility index (Phi) is 5.46. The van der Waals surface area contributed by atoms with Crippen LogP contribution in [0, 0.1) is 0 Å². The maximum absolute atomic E-state index is 12.6. The summed E-state index contributed by atoms with van der Waals surface area (Å²) >= 11 is 11.8. The SMILES string of the molecule is O=C(NO)c1ccc2ccn(CCOc3cc(Cl)cc(Cl)c3)c(=O)c2c1. The van der Waals surface area contributed by atoms with Crippen molar-refractivity contribution in [1.82, 2.24) is 10.0 Å². The Labute approximate surface area is 158 Å². The summed E-state index contributed by atoms with van der Waals surface area (Å²) in [5.41, 5.74) is 1.49. The predicted molar refractivity (Wildman–Crippen MR) is 99.4 cm³/mol. The van der Waals surface area contributed by atoms with E-state index >= 15 is 0 Å². The fraction of sp³-hybridized carbons (Fsp3) is 0.111. The van der Waals surface area contributed by atoms with Crippen LogP contribution in [0.3, 0.4) is 0 Å². The van der Waals surface area contributed by atoms with Crippen molar-refractivity contribution in [3.8, 4) is 5.75 Å². The predicted octanol–water partition coefficient (Wildman–Crippen LogP) is 3.51. The molecule has 0 saturated heterocycles. The molecule has 134 valence electrons. The molecule has 2 aromatic carbocycles. The van der Waals surface area contributed by atoms with E-state index in [0.29, 0.717) is 33.1 Å². The van der Waals surface area contributed by atoms with Crippen molar-refractivity contribution in [2.24, 2.45) is 0 Å². The van der Waals surface area contributed by atoms with Crippen LogP contribution in [0.4, 0.5) is 0 Å². The van der Waals surface area contributed by atoms with Gasteiger partial charge >= 0.3 is 0 Å². The summed E-state index contributed by atoms with van der Waals surface area (Å²) in [6.07, 6.45) is 1.66. The topological polar surface area (TPSA) is 80.6 Å². The highest BCUT2D eigenvalue weighted by molar-refractivity contribution is 6.34. The fourth-order valence-electron chi connectivity index (χ4n) is 2.54. The lowest BCUT2D eigenvalue weighted by Crippen LogP contribution is -2.23. The normalized spacial score (nSPS) is 10.7. The summed E-state index contributed by atoms with van der Waals surface area (Å²) in [5, 5.41) is 10.7. The number of amides is 1. The number of rotatable bonds is 5. The van der Waals surface area contributed by atoms with Gasteiger partial charge in [0, 0.05) is 27.2 Å². The van der Waals surface area contributed by atoms with Crippen molar-refractivity contribution in [1.29, 1.82) is 0 Å². The molecule has 0 aliphatic rings. The average molecular weight is 393 g/mol. The first-order valence-electron chi connectivity index (χ1n) is 7.64. The lowest BCUT2D eigenvalue weighted by atomic mass is 10.1. The van der Waals surface area contributed by atoms with E-state index < -0.39 is 5.91 Å². The van der Waals surface area contributed by atoms with Crippen molar-refractivity contribution < 1.29 is 14.7 Å². The van der Waals surface area contributed by atoms with E-state index in [-0.39, 0.29) is 17.7 Å². The molecule has 1 heterocycles. The first-order chi connectivity index (χ1) is 12.5. The summed E-state index contributed by atoms with van der Waals surface area (Å²) in [5.74, 6) is -0.166. The second kappa shape index (κ2) is 7.78. The highest BCUT2D eigenvalue weighted by Gasteiger charge is 2.09. The fourth-order valence-corrected chi connectivity index (χ4v) is 3.04. The van der Waals surface area contributed by atoms with E-state index in [4.69, 9.17) is 33.1 Å². The number of fused-ring (bicyclic) bond motifs is 1. The third-order valence-electron chi connectivity index (χ3n) is 3.78. The maximum atomic E-state index is 12.6. The van der Waals surface area contributed by atoms with Gasteiger partial charge in [-0.2, -0.15) is 0 Å². The second-order valence-corrected chi connectivity index (χ2v) is 6.38. The Morgan fingerprint density at radius 1 is 1.12 bits per heavy atom. The van der Waals surface area contributed by atoms with Crippen LogP contribution in [0.2, 0.25) is 10.0 Å². The van der Waals surface area contributed by atoms with E-state index in [1.54, 1.807) is 42.0 Å². The molecule has 0 unspecified atom stereocenters. The Morgan fingerprint density at radius 3 is 2.54 bits per heavy atom. The number of aromatic nitrogens is 1. The van der Waals surface area contributed by atoms with Crippen LogP contribution in [0.5, 0.6) is 5.75 Å². The minimum Gasteiger partial charge on any atom is -0.492 e. The van der Waals surface area contributed by atoms with Gasteiger partial charge in [-0.3, -0.25) is 14.8 Å². The first-order valence-corrected chi connectivity index (χ1v) is 8.40. The molecule has 0 spiro atoms. The van der Waals surface area contributed by atoms with E-state index in [0.717, 1.165) is 0 Å². The maximum Gasteiger partial charge on any atom is 0.274 e. The number of nitrogens with one attached hydrogen (secondary N) is 1. The van der Waals surface area contributed by atoms with E-state index in [1.165, 1.54) is 16.7 Å². The third-order valence-corrected chi connectivity index (χ3v) is 4.22. The van der Waals surface area contributed by atoms with Crippen LogP contribution in [-0.4, -0.2) is 22.3 Å². The number of nitrogens with zero attached hydrogens (tertiary/aromatic N) is 1. The molecule has 0 aliphatic heterocycles. The zero-order valence-corrected chi connectivity index (χ0v) is 14.9. The van der Waals surface area contributed by atoms with Crippen molar-refractivity contribution in [2.45, 2.75) is 6.54 Å². The van der Waals surface area contributed by atoms with Gasteiger partial charge in [0.05, 0.1) is 6.54 Å². The number of pyridine rings is 1. The summed E-state index contributed by atoms with van der Waals surface area (Å²) in [4.78, 5) is 24.1. The van der Waals surface area contributed by atoms with Crippen LogP contribution < -0.4 is 15.8 Å². The highest BCUT2D eigenvalue weighted by atomic mass is 35.5. The number of carbonyl (C=O) groups excluding carboxylic acids is 1. The van der Waals surface area contributed by atoms with E-state index in [9.17, 15) is 9.59 Å². The van der Waals surface area contributed by atoms with Crippen molar-refractivity contribution >= 4 is 39.9 Å². The average Bonchev–Trinajstić information content (AvgIpc) is 2.62. The molecule has 1 aromatic heterocycles. The van der Waals surface area contributed by atoms with Gasteiger partial charge < -0.3 is 9.30 Å². The second-order valence-electron chi connectivity index (χ2n) is 5.51. The quantitative estimate of drug-likeness (QED) is 0.514. The van der Waals surface area contributed by atoms with Crippen LogP contribution in [0.15, 0.2) is 53.5 Å². The monoisotopic (exact) mass is 392 g/mol. The molecule has 0 bridgehead atoms. The number of benzene rings is 2. The Hall–Kier alpha value is -2.54. The number of hydroxylamine groups is 1. The number of ether oxygens (including phenoxy) is 1. The van der Waals surface area contributed by atoms with Gasteiger partial charge in [-0.15, -0.1) is 0 Å². The number of hydrogen-bond acceptors (Lipinski definition) is 4. The smallest absolute Gasteiger partial charge is 0.274 e. The molecular formula is C18H14Cl2N2O4. The Balaban J connectivity index is 1.80. The van der Waals surface area contributed by atoms with Gasteiger partial charge in [0.1, 0.15) is 12.4 Å². The van der Waals surface area contributed by atoms with Crippen LogP contribution in [-0.2, 0) is 6.54 Å². The molecule has 0 aliphatic carbocycles. The summed E-state index contributed by atoms with van der Waals surface area (Å²) in [7, 11) is 0. The van der Waals surface area contributed by atoms with Gasteiger partial charge in [0.25, 0.3) is 11.5 Å². The van der Waals surface area contributed by atoms with Gasteiger partial charge in [0.2, 0.25) is 0 Å². The van der Waals surface area contributed by atoms with Crippen LogP contribution >= 0.6 is 23.2 Å². The van der Waals surface area contributed by atoms with Crippen LogP contribution in [0.25, 0.3) is 10.8 Å². The zero-order chi connectivity index (χ0) is 18.7. The minimum atomic E-state index is -0.678. The lowest BCUT2D eigenvalue weighted by molar-refractivity contribution is 0.0706. The molecule has 0 saturated carbocycles. The van der Waals surface area contributed by atoms with Gasteiger partial charge in [-0.25, -0.2) is 5.48 Å². The van der Waals surface area contributed by atoms with E-state index in [1.807, 2.05) is 0 Å². The number of carbonyl (C=O) groups is 1. The van der Waals surface area contributed by atoms with Crippen LogP contribution in [0.1, 0.15) is 10.4 Å². The van der Waals surface area contributed by atoms with Crippen molar-refractivity contribution in [3.63, 3.8) is 0 Å².